The van der Waals surface area contributed by atoms with Gasteiger partial charge in [-0.15, -0.1) is 6.42 Å². The molecular formula is C13H15NO3. The van der Waals surface area contributed by atoms with Crippen LogP contribution in [0, 0.1) is 12.3 Å². The van der Waals surface area contributed by atoms with E-state index in [9.17, 15) is 9.90 Å². The van der Waals surface area contributed by atoms with Gasteiger partial charge >= 0.3 is 0 Å². The third-order valence-corrected chi connectivity index (χ3v) is 2.10. The number of nitrogens with one attached hydrogen (secondary N) is 1. The fourth-order valence-electron chi connectivity index (χ4n) is 1.21. The van der Waals surface area contributed by atoms with E-state index in [1.165, 1.54) is 0 Å². The van der Waals surface area contributed by atoms with Crippen molar-refractivity contribution >= 4 is 5.91 Å². The Bertz CT molecular complexity index is 421. The van der Waals surface area contributed by atoms with Crippen LogP contribution in [0.25, 0.3) is 0 Å². The summed E-state index contributed by atoms with van der Waals surface area (Å²) in [5.74, 6) is 2.57. The number of benzene rings is 1. The maximum atomic E-state index is 11.2. The van der Waals surface area contributed by atoms with Gasteiger partial charge in [0.1, 0.15) is 5.75 Å². The third kappa shape index (κ3) is 4.58. The number of amides is 1. The molecule has 1 atom stereocenters. The van der Waals surface area contributed by atoms with Gasteiger partial charge in [-0.2, -0.15) is 0 Å². The Balaban J connectivity index is 2.49. The number of carbonyl (C=O) groups excluding carboxylic acids is 1. The van der Waals surface area contributed by atoms with E-state index in [4.69, 9.17) is 11.2 Å². The molecule has 1 amide bonds. The minimum absolute atomic E-state index is 0.0923. The van der Waals surface area contributed by atoms with E-state index < -0.39 is 6.10 Å². The lowest BCUT2D eigenvalue weighted by Crippen LogP contribution is -2.29. The first-order chi connectivity index (χ1) is 8.13. The van der Waals surface area contributed by atoms with Gasteiger partial charge in [-0.05, 0) is 24.6 Å². The monoisotopic (exact) mass is 233 g/mol. The summed E-state index contributed by atoms with van der Waals surface area (Å²) in [6.45, 7) is 1.76. The lowest BCUT2D eigenvalue weighted by molar-refractivity contribution is -0.122. The fourth-order valence-corrected chi connectivity index (χ4v) is 1.21. The summed E-state index contributed by atoms with van der Waals surface area (Å²) in [5.41, 5.74) is 0.742. The van der Waals surface area contributed by atoms with E-state index in [1.54, 1.807) is 31.2 Å². The number of hydrogen-bond donors (Lipinski definition) is 2. The van der Waals surface area contributed by atoms with Crippen LogP contribution in [0.1, 0.15) is 18.6 Å². The van der Waals surface area contributed by atoms with Crippen LogP contribution in [-0.2, 0) is 4.79 Å². The average molecular weight is 233 g/mol. The van der Waals surface area contributed by atoms with Crippen molar-refractivity contribution in [1.29, 1.82) is 0 Å². The van der Waals surface area contributed by atoms with E-state index in [0.29, 0.717) is 5.75 Å². The Morgan fingerprint density at radius 3 is 3.06 bits per heavy atom. The lowest BCUT2D eigenvalue weighted by Gasteiger charge is -2.09. The summed E-state index contributed by atoms with van der Waals surface area (Å²) in [7, 11) is 0. The molecule has 17 heavy (non-hydrogen) atoms. The van der Waals surface area contributed by atoms with Crippen molar-refractivity contribution < 1.29 is 14.6 Å². The van der Waals surface area contributed by atoms with Gasteiger partial charge in [0.2, 0.25) is 0 Å². The predicted molar refractivity (Wildman–Crippen MR) is 64.4 cm³/mol. The van der Waals surface area contributed by atoms with Crippen LogP contribution in [0.3, 0.4) is 0 Å². The molecule has 0 heterocycles. The molecule has 2 N–H and O–H groups in total. The van der Waals surface area contributed by atoms with Gasteiger partial charge in [0.25, 0.3) is 5.91 Å². The number of carbonyl (C=O) groups is 1. The lowest BCUT2D eigenvalue weighted by atomic mass is 10.1. The zero-order valence-electron chi connectivity index (χ0n) is 9.64. The predicted octanol–water partition coefficient (Wildman–Crippen LogP) is 0.868. The molecule has 4 heteroatoms. The molecule has 4 nitrogen and oxygen atoms in total. The molecule has 90 valence electrons. The normalized spacial score (nSPS) is 11.4. The number of hydrogen-bond acceptors (Lipinski definition) is 3. The van der Waals surface area contributed by atoms with Crippen molar-refractivity contribution in [2.45, 2.75) is 13.0 Å². The number of aliphatic hydroxyl groups excluding tert-OH is 1. The summed E-state index contributed by atoms with van der Waals surface area (Å²) in [4.78, 5) is 11.2. The summed E-state index contributed by atoms with van der Waals surface area (Å²) >= 11 is 0. The van der Waals surface area contributed by atoms with Crippen LogP contribution in [0.4, 0.5) is 0 Å². The maximum absolute atomic E-state index is 11.2. The minimum atomic E-state index is -0.561. The summed E-state index contributed by atoms with van der Waals surface area (Å²) in [5, 5.41) is 11.9. The van der Waals surface area contributed by atoms with E-state index >= 15 is 0 Å². The van der Waals surface area contributed by atoms with Crippen LogP contribution in [0.2, 0.25) is 0 Å². The standard InChI is InChI=1S/C13H15NO3/c1-3-7-14-13(16)9-17-12-6-4-5-11(8-12)10(2)15/h1,4-6,8,10,15H,7,9H2,2H3,(H,14,16). The molecule has 0 spiro atoms. The molecule has 0 saturated heterocycles. The van der Waals surface area contributed by atoms with E-state index in [1.807, 2.05) is 0 Å². The second-order valence-corrected chi connectivity index (χ2v) is 3.52. The van der Waals surface area contributed by atoms with Crippen molar-refractivity contribution in [3.63, 3.8) is 0 Å². The molecule has 0 aromatic heterocycles. The highest BCUT2D eigenvalue weighted by Gasteiger charge is 2.04. The Morgan fingerprint density at radius 1 is 1.65 bits per heavy atom. The van der Waals surface area contributed by atoms with Crippen LogP contribution in [-0.4, -0.2) is 24.2 Å². The number of ether oxygens (including phenoxy) is 1. The molecule has 1 aromatic carbocycles. The van der Waals surface area contributed by atoms with Crippen LogP contribution in [0.5, 0.6) is 5.75 Å². The molecule has 1 aromatic rings. The average Bonchev–Trinajstić information content (AvgIpc) is 2.34. The molecule has 0 aliphatic carbocycles. The van der Waals surface area contributed by atoms with Gasteiger partial charge in [-0.1, -0.05) is 18.1 Å². The maximum Gasteiger partial charge on any atom is 0.258 e. The summed E-state index contributed by atoms with van der Waals surface area (Å²) < 4.78 is 5.26. The van der Waals surface area contributed by atoms with Crippen molar-refractivity contribution in [2.75, 3.05) is 13.2 Å². The van der Waals surface area contributed by atoms with Gasteiger partial charge in [0.05, 0.1) is 12.6 Å². The molecule has 1 rings (SSSR count). The molecule has 1 unspecified atom stereocenters. The molecule has 0 aliphatic rings. The Labute approximate surface area is 101 Å². The van der Waals surface area contributed by atoms with Crippen molar-refractivity contribution in [1.82, 2.24) is 5.32 Å². The van der Waals surface area contributed by atoms with Gasteiger partial charge < -0.3 is 15.2 Å². The molecule has 0 saturated carbocycles. The summed E-state index contributed by atoms with van der Waals surface area (Å²) in [6, 6.07) is 6.96. The summed E-state index contributed by atoms with van der Waals surface area (Å²) in [6.07, 6.45) is 4.44. The second kappa shape index (κ2) is 6.56. The van der Waals surface area contributed by atoms with Gasteiger partial charge in [0.15, 0.2) is 6.61 Å². The van der Waals surface area contributed by atoms with E-state index in [0.717, 1.165) is 5.56 Å². The van der Waals surface area contributed by atoms with E-state index in [2.05, 4.69) is 11.2 Å². The third-order valence-electron chi connectivity index (χ3n) is 2.10. The molecule has 0 fully saturated rings. The van der Waals surface area contributed by atoms with Gasteiger partial charge in [0, 0.05) is 0 Å². The smallest absolute Gasteiger partial charge is 0.258 e. The van der Waals surface area contributed by atoms with Crippen LogP contribution < -0.4 is 10.1 Å². The van der Waals surface area contributed by atoms with E-state index in [-0.39, 0.29) is 19.1 Å². The number of rotatable bonds is 5. The molecule has 0 radical (unpaired) electrons. The highest BCUT2D eigenvalue weighted by molar-refractivity contribution is 5.77. The van der Waals surface area contributed by atoms with Crippen molar-refractivity contribution in [3.05, 3.63) is 29.8 Å². The molecular weight excluding hydrogens is 218 g/mol. The highest BCUT2D eigenvalue weighted by atomic mass is 16.5. The number of aliphatic hydroxyl groups is 1. The number of terminal acetylenes is 1. The SMILES string of the molecule is C#CCNC(=O)COc1cccc(C(C)O)c1. The van der Waals surface area contributed by atoms with Crippen LogP contribution >= 0.6 is 0 Å². The van der Waals surface area contributed by atoms with Gasteiger partial charge in [-0.25, -0.2) is 0 Å². The zero-order chi connectivity index (χ0) is 12.7. The minimum Gasteiger partial charge on any atom is -0.484 e. The molecule has 0 bridgehead atoms. The topological polar surface area (TPSA) is 58.6 Å². The van der Waals surface area contributed by atoms with Crippen molar-refractivity contribution in [2.24, 2.45) is 0 Å². The largest absolute Gasteiger partial charge is 0.484 e. The van der Waals surface area contributed by atoms with Gasteiger partial charge in [-0.3, -0.25) is 4.79 Å². The van der Waals surface area contributed by atoms with Crippen LogP contribution in [0.15, 0.2) is 24.3 Å². The first-order valence-corrected chi connectivity index (χ1v) is 5.24. The highest BCUT2D eigenvalue weighted by Crippen LogP contribution is 2.18. The quantitative estimate of drug-likeness (QED) is 0.742. The zero-order valence-corrected chi connectivity index (χ0v) is 9.64. The Hall–Kier alpha value is -1.99. The van der Waals surface area contributed by atoms with Crippen molar-refractivity contribution in [3.8, 4) is 18.1 Å². The Kier molecular flexibility index (Phi) is 5.05. The molecule has 0 aliphatic heterocycles. The fraction of sp³-hybridized carbons (Fsp3) is 0.308. The first-order valence-electron chi connectivity index (χ1n) is 5.24. The first kappa shape index (κ1) is 13.1. The Morgan fingerprint density at radius 2 is 2.41 bits per heavy atom. The second-order valence-electron chi connectivity index (χ2n) is 3.52.